The van der Waals surface area contributed by atoms with Gasteiger partial charge in [-0.2, -0.15) is 0 Å². The number of nitrogens with one attached hydrogen (secondary N) is 1. The summed E-state index contributed by atoms with van der Waals surface area (Å²) < 4.78 is 1.13. The fourth-order valence-electron chi connectivity index (χ4n) is 1.62. The molecule has 0 aromatic carbocycles. The average molecular weight is 266 g/mol. The van der Waals surface area contributed by atoms with Crippen LogP contribution < -0.4 is 11.2 Å². The van der Waals surface area contributed by atoms with Crippen LogP contribution >= 0.6 is 11.6 Å². The first-order chi connectivity index (χ1) is 8.59. The van der Waals surface area contributed by atoms with Crippen LogP contribution in [0.15, 0.2) is 34.0 Å². The lowest BCUT2D eigenvalue weighted by Crippen LogP contribution is -2.37. The Morgan fingerprint density at radius 3 is 2.83 bits per heavy atom. The van der Waals surface area contributed by atoms with E-state index in [9.17, 15) is 9.59 Å². The van der Waals surface area contributed by atoms with Gasteiger partial charge in [0.2, 0.25) is 0 Å². The van der Waals surface area contributed by atoms with Crippen molar-refractivity contribution in [1.82, 2.24) is 14.5 Å². The third kappa shape index (κ3) is 2.51. The minimum atomic E-state index is -0.494. The standard InChI is InChI=1S/C12H12ClN3O2/c1-8-10(13)15-12(18)16(11(8)17)7-5-9-4-2-3-6-14-9/h2-4,6H,5,7H2,1H3,(H,15,18). The summed E-state index contributed by atoms with van der Waals surface area (Å²) in [4.78, 5) is 30.1. The summed E-state index contributed by atoms with van der Waals surface area (Å²) in [6.45, 7) is 1.86. The molecule has 0 aliphatic heterocycles. The number of hydrogen-bond donors (Lipinski definition) is 1. The first kappa shape index (κ1) is 12.6. The van der Waals surface area contributed by atoms with Crippen LogP contribution in [0.3, 0.4) is 0 Å². The number of hydrogen-bond acceptors (Lipinski definition) is 3. The lowest BCUT2D eigenvalue weighted by Gasteiger charge is -2.06. The summed E-state index contributed by atoms with van der Waals surface area (Å²) in [5.41, 5.74) is 0.319. The number of aromatic nitrogens is 3. The van der Waals surface area contributed by atoms with Gasteiger partial charge in [-0.1, -0.05) is 17.7 Å². The number of aromatic amines is 1. The molecule has 0 saturated heterocycles. The van der Waals surface area contributed by atoms with Crippen LogP contribution in [-0.2, 0) is 13.0 Å². The van der Waals surface area contributed by atoms with Gasteiger partial charge in [-0.3, -0.25) is 19.3 Å². The Morgan fingerprint density at radius 1 is 1.39 bits per heavy atom. The molecule has 94 valence electrons. The lowest BCUT2D eigenvalue weighted by atomic mass is 10.2. The molecule has 0 unspecified atom stereocenters. The quantitative estimate of drug-likeness (QED) is 0.846. The molecule has 0 fully saturated rings. The first-order valence-corrected chi connectivity index (χ1v) is 5.86. The van der Waals surface area contributed by atoms with E-state index in [1.54, 1.807) is 13.1 Å². The zero-order valence-electron chi connectivity index (χ0n) is 9.81. The molecule has 0 amide bonds. The molecule has 0 saturated carbocycles. The summed E-state index contributed by atoms with van der Waals surface area (Å²) in [5, 5.41) is 0.0964. The molecule has 1 N–H and O–H groups in total. The van der Waals surface area contributed by atoms with Crippen molar-refractivity contribution in [2.75, 3.05) is 0 Å². The van der Waals surface area contributed by atoms with Crippen molar-refractivity contribution in [3.05, 3.63) is 61.6 Å². The Kier molecular flexibility index (Phi) is 3.62. The van der Waals surface area contributed by atoms with E-state index < -0.39 is 5.69 Å². The second-order valence-electron chi connectivity index (χ2n) is 3.90. The van der Waals surface area contributed by atoms with Gasteiger partial charge in [-0.05, 0) is 19.1 Å². The van der Waals surface area contributed by atoms with Crippen LogP contribution in [0.25, 0.3) is 0 Å². The summed E-state index contributed by atoms with van der Waals surface area (Å²) in [5.74, 6) is 0. The second kappa shape index (κ2) is 5.18. The molecule has 0 bridgehead atoms. The van der Waals surface area contributed by atoms with Crippen LogP contribution in [0.4, 0.5) is 0 Å². The Hall–Kier alpha value is -1.88. The number of pyridine rings is 1. The minimum Gasteiger partial charge on any atom is -0.297 e. The number of nitrogens with zero attached hydrogens (tertiary/aromatic N) is 2. The van der Waals surface area contributed by atoms with E-state index in [-0.39, 0.29) is 17.3 Å². The Labute approximate surface area is 108 Å². The smallest absolute Gasteiger partial charge is 0.297 e. The number of aryl methyl sites for hydroxylation is 1. The molecule has 18 heavy (non-hydrogen) atoms. The van der Waals surface area contributed by atoms with E-state index in [0.717, 1.165) is 10.3 Å². The number of halogens is 1. The SMILES string of the molecule is Cc1c(Cl)[nH]c(=O)n(CCc2ccccn2)c1=O. The molecule has 6 heteroatoms. The van der Waals surface area contributed by atoms with Gasteiger partial charge >= 0.3 is 5.69 Å². The fraction of sp³-hybridized carbons (Fsp3) is 0.250. The van der Waals surface area contributed by atoms with Crippen molar-refractivity contribution in [1.29, 1.82) is 0 Å². The normalized spacial score (nSPS) is 10.6. The maximum absolute atomic E-state index is 11.9. The summed E-state index contributed by atoms with van der Waals surface area (Å²) in [7, 11) is 0. The van der Waals surface area contributed by atoms with Gasteiger partial charge in [0.1, 0.15) is 5.15 Å². The molecule has 2 aromatic heterocycles. The maximum atomic E-state index is 11.9. The minimum absolute atomic E-state index is 0.0964. The molecule has 2 rings (SSSR count). The van der Waals surface area contributed by atoms with E-state index >= 15 is 0 Å². The third-order valence-corrected chi connectivity index (χ3v) is 3.05. The molecule has 2 heterocycles. The zero-order chi connectivity index (χ0) is 13.1. The van der Waals surface area contributed by atoms with Crippen LogP contribution in [0.2, 0.25) is 5.15 Å². The molecule has 0 spiro atoms. The van der Waals surface area contributed by atoms with Crippen molar-refractivity contribution in [2.24, 2.45) is 0 Å². The predicted octanol–water partition coefficient (Wildman–Crippen LogP) is 1.14. The van der Waals surface area contributed by atoms with Crippen molar-refractivity contribution in [3.63, 3.8) is 0 Å². The Bertz CT molecular complexity index is 661. The zero-order valence-corrected chi connectivity index (χ0v) is 10.6. The molecule has 2 aromatic rings. The average Bonchev–Trinajstić information content (AvgIpc) is 2.37. The van der Waals surface area contributed by atoms with E-state index in [0.29, 0.717) is 12.0 Å². The second-order valence-corrected chi connectivity index (χ2v) is 4.27. The molecular formula is C12H12ClN3O2. The largest absolute Gasteiger partial charge is 0.329 e. The van der Waals surface area contributed by atoms with Crippen molar-refractivity contribution >= 4 is 11.6 Å². The van der Waals surface area contributed by atoms with Crippen LogP contribution in [0, 0.1) is 6.92 Å². The predicted molar refractivity (Wildman–Crippen MR) is 69.0 cm³/mol. The first-order valence-electron chi connectivity index (χ1n) is 5.48. The van der Waals surface area contributed by atoms with Gasteiger partial charge in [0.05, 0.1) is 0 Å². The van der Waals surface area contributed by atoms with E-state index in [1.165, 1.54) is 0 Å². The van der Waals surface area contributed by atoms with Gasteiger partial charge in [-0.25, -0.2) is 4.79 Å². The lowest BCUT2D eigenvalue weighted by molar-refractivity contribution is 0.616. The summed E-state index contributed by atoms with van der Waals surface area (Å²) >= 11 is 5.73. The topological polar surface area (TPSA) is 67.8 Å². The molecule has 0 aliphatic rings. The summed E-state index contributed by atoms with van der Waals surface area (Å²) in [6, 6.07) is 5.53. The number of H-pyrrole nitrogens is 1. The van der Waals surface area contributed by atoms with Gasteiger partial charge in [-0.15, -0.1) is 0 Å². The number of rotatable bonds is 3. The van der Waals surface area contributed by atoms with E-state index in [4.69, 9.17) is 11.6 Å². The third-order valence-electron chi connectivity index (χ3n) is 2.67. The van der Waals surface area contributed by atoms with Crippen molar-refractivity contribution in [3.8, 4) is 0 Å². The van der Waals surface area contributed by atoms with Crippen LogP contribution in [0.1, 0.15) is 11.3 Å². The highest BCUT2D eigenvalue weighted by atomic mass is 35.5. The van der Waals surface area contributed by atoms with Gasteiger partial charge in [0, 0.05) is 30.4 Å². The van der Waals surface area contributed by atoms with Crippen LogP contribution in [-0.4, -0.2) is 14.5 Å². The highest BCUT2D eigenvalue weighted by molar-refractivity contribution is 6.30. The summed E-state index contributed by atoms with van der Waals surface area (Å²) in [6.07, 6.45) is 2.19. The van der Waals surface area contributed by atoms with Gasteiger partial charge in [0.25, 0.3) is 5.56 Å². The van der Waals surface area contributed by atoms with E-state index in [2.05, 4.69) is 9.97 Å². The highest BCUT2D eigenvalue weighted by Crippen LogP contribution is 2.03. The maximum Gasteiger partial charge on any atom is 0.329 e. The molecule has 0 radical (unpaired) electrons. The molecule has 0 aliphatic carbocycles. The Balaban J connectivity index is 2.28. The van der Waals surface area contributed by atoms with Crippen molar-refractivity contribution in [2.45, 2.75) is 19.9 Å². The Morgan fingerprint density at radius 2 is 2.17 bits per heavy atom. The molecule has 5 nitrogen and oxygen atoms in total. The molecular weight excluding hydrogens is 254 g/mol. The highest BCUT2D eigenvalue weighted by Gasteiger charge is 2.08. The van der Waals surface area contributed by atoms with Gasteiger partial charge in [0.15, 0.2) is 0 Å². The van der Waals surface area contributed by atoms with Crippen molar-refractivity contribution < 1.29 is 0 Å². The fourth-order valence-corrected chi connectivity index (χ4v) is 1.78. The van der Waals surface area contributed by atoms with E-state index in [1.807, 2.05) is 18.2 Å². The van der Waals surface area contributed by atoms with Gasteiger partial charge < -0.3 is 0 Å². The molecule has 0 atom stereocenters. The monoisotopic (exact) mass is 265 g/mol. The van der Waals surface area contributed by atoms with Crippen LogP contribution in [0.5, 0.6) is 0 Å².